The highest BCUT2D eigenvalue weighted by Gasteiger charge is 2.22. The summed E-state index contributed by atoms with van der Waals surface area (Å²) >= 11 is 1.41. The zero-order valence-electron chi connectivity index (χ0n) is 16.9. The SMILES string of the molecule is Cc1ccc(/C=C2/Sc3ccc(C(=O)NCc4ccc(C)cc4)cc3NC2=O)cc1. The number of amides is 2. The van der Waals surface area contributed by atoms with Gasteiger partial charge in [0.05, 0.1) is 10.6 Å². The van der Waals surface area contributed by atoms with Crippen LogP contribution in [0.25, 0.3) is 6.08 Å². The van der Waals surface area contributed by atoms with Crippen LogP contribution in [0.4, 0.5) is 5.69 Å². The molecule has 0 bridgehead atoms. The predicted octanol–water partition coefficient (Wildman–Crippen LogP) is 5.32. The second-order valence-corrected chi connectivity index (χ2v) is 8.44. The van der Waals surface area contributed by atoms with Crippen molar-refractivity contribution in [1.82, 2.24) is 5.32 Å². The first-order chi connectivity index (χ1) is 14.5. The molecule has 3 aromatic rings. The molecule has 4 nitrogen and oxygen atoms in total. The van der Waals surface area contributed by atoms with E-state index in [9.17, 15) is 9.59 Å². The first-order valence-electron chi connectivity index (χ1n) is 9.73. The van der Waals surface area contributed by atoms with E-state index >= 15 is 0 Å². The zero-order chi connectivity index (χ0) is 21.1. The van der Waals surface area contributed by atoms with Crippen LogP contribution in [0.1, 0.15) is 32.6 Å². The van der Waals surface area contributed by atoms with Gasteiger partial charge in [-0.1, -0.05) is 71.4 Å². The number of hydrogen-bond donors (Lipinski definition) is 2. The minimum atomic E-state index is -0.168. The molecule has 2 N–H and O–H groups in total. The molecule has 150 valence electrons. The largest absolute Gasteiger partial charge is 0.348 e. The summed E-state index contributed by atoms with van der Waals surface area (Å²) in [6.07, 6.45) is 1.88. The fraction of sp³-hybridized carbons (Fsp3) is 0.120. The first kappa shape index (κ1) is 20.0. The van der Waals surface area contributed by atoms with Crippen LogP contribution in [0.2, 0.25) is 0 Å². The van der Waals surface area contributed by atoms with E-state index in [2.05, 4.69) is 10.6 Å². The van der Waals surface area contributed by atoms with Gasteiger partial charge in [0.15, 0.2) is 0 Å². The smallest absolute Gasteiger partial charge is 0.262 e. The van der Waals surface area contributed by atoms with Gasteiger partial charge in [-0.2, -0.15) is 0 Å². The highest BCUT2D eigenvalue weighted by atomic mass is 32.2. The molecule has 0 unspecified atom stereocenters. The number of aryl methyl sites for hydroxylation is 2. The second-order valence-electron chi connectivity index (χ2n) is 7.35. The van der Waals surface area contributed by atoms with Gasteiger partial charge in [-0.25, -0.2) is 0 Å². The minimum Gasteiger partial charge on any atom is -0.348 e. The molecule has 0 radical (unpaired) electrons. The van der Waals surface area contributed by atoms with Gasteiger partial charge >= 0.3 is 0 Å². The fourth-order valence-electron chi connectivity index (χ4n) is 3.11. The van der Waals surface area contributed by atoms with Crippen LogP contribution in [0.15, 0.2) is 76.5 Å². The van der Waals surface area contributed by atoms with Crippen molar-refractivity contribution in [2.75, 3.05) is 5.32 Å². The van der Waals surface area contributed by atoms with Crippen molar-refractivity contribution in [1.29, 1.82) is 0 Å². The lowest BCUT2D eigenvalue weighted by Crippen LogP contribution is -2.23. The van der Waals surface area contributed by atoms with Gasteiger partial charge in [0.25, 0.3) is 11.8 Å². The van der Waals surface area contributed by atoms with E-state index in [0.29, 0.717) is 22.7 Å². The molecule has 1 heterocycles. The van der Waals surface area contributed by atoms with Crippen molar-refractivity contribution in [3.63, 3.8) is 0 Å². The molecule has 0 fully saturated rings. The van der Waals surface area contributed by atoms with Crippen LogP contribution in [0.5, 0.6) is 0 Å². The third-order valence-corrected chi connectivity index (χ3v) is 5.98. The van der Waals surface area contributed by atoms with Crippen molar-refractivity contribution in [2.45, 2.75) is 25.3 Å². The Balaban J connectivity index is 1.47. The molecule has 0 spiro atoms. The first-order valence-corrected chi connectivity index (χ1v) is 10.5. The molecular weight excluding hydrogens is 392 g/mol. The maximum Gasteiger partial charge on any atom is 0.262 e. The Labute approximate surface area is 180 Å². The monoisotopic (exact) mass is 414 g/mol. The topological polar surface area (TPSA) is 58.2 Å². The fourth-order valence-corrected chi connectivity index (χ4v) is 4.04. The van der Waals surface area contributed by atoms with Gasteiger partial charge < -0.3 is 10.6 Å². The van der Waals surface area contributed by atoms with Crippen molar-refractivity contribution in [2.24, 2.45) is 0 Å². The standard InChI is InChI=1S/C25H22N2O2S/c1-16-3-7-18(8-4-16)13-23-25(29)27-21-14-20(11-12-22(21)30-23)24(28)26-15-19-9-5-17(2)6-10-19/h3-14H,15H2,1-2H3,(H,26,28)(H,27,29)/b23-13+. The summed E-state index contributed by atoms with van der Waals surface area (Å²) in [6, 6.07) is 21.5. The van der Waals surface area contributed by atoms with Crippen LogP contribution >= 0.6 is 11.8 Å². The summed E-state index contributed by atoms with van der Waals surface area (Å²) in [5, 5.41) is 5.84. The average Bonchev–Trinajstić information content (AvgIpc) is 2.75. The Kier molecular flexibility index (Phi) is 5.72. The Morgan fingerprint density at radius 3 is 2.33 bits per heavy atom. The molecule has 4 rings (SSSR count). The molecule has 1 aliphatic rings. The molecule has 0 aromatic heterocycles. The third kappa shape index (κ3) is 4.63. The number of rotatable bonds is 4. The lowest BCUT2D eigenvalue weighted by atomic mass is 10.1. The highest BCUT2D eigenvalue weighted by Crippen LogP contribution is 2.39. The van der Waals surface area contributed by atoms with Crippen LogP contribution in [0, 0.1) is 13.8 Å². The Hall–Kier alpha value is -3.31. The zero-order valence-corrected chi connectivity index (χ0v) is 17.7. The molecule has 0 saturated heterocycles. The average molecular weight is 415 g/mol. The van der Waals surface area contributed by atoms with E-state index in [1.165, 1.54) is 22.9 Å². The lowest BCUT2D eigenvalue weighted by Gasteiger charge is -2.19. The number of benzene rings is 3. The number of thioether (sulfide) groups is 1. The summed E-state index contributed by atoms with van der Waals surface area (Å²) in [4.78, 5) is 26.6. The summed E-state index contributed by atoms with van der Waals surface area (Å²) in [7, 11) is 0. The molecule has 0 aliphatic carbocycles. The number of fused-ring (bicyclic) bond motifs is 1. The summed E-state index contributed by atoms with van der Waals surface area (Å²) in [5.74, 6) is -0.330. The molecule has 5 heteroatoms. The second kappa shape index (κ2) is 8.59. The van der Waals surface area contributed by atoms with Crippen molar-refractivity contribution in [3.05, 3.63) is 99.5 Å². The summed E-state index contributed by atoms with van der Waals surface area (Å²) < 4.78 is 0. The Morgan fingerprint density at radius 2 is 1.63 bits per heavy atom. The number of anilines is 1. The van der Waals surface area contributed by atoms with Gasteiger partial charge in [-0.05, 0) is 49.2 Å². The highest BCUT2D eigenvalue weighted by molar-refractivity contribution is 8.04. The summed E-state index contributed by atoms with van der Waals surface area (Å²) in [6.45, 7) is 4.52. The molecular formula is C25H22N2O2S. The molecule has 0 saturated carbocycles. The molecule has 0 atom stereocenters. The van der Waals surface area contributed by atoms with Crippen LogP contribution in [0.3, 0.4) is 0 Å². The van der Waals surface area contributed by atoms with Gasteiger partial charge in [0.2, 0.25) is 0 Å². The Bertz CT molecular complexity index is 1130. The van der Waals surface area contributed by atoms with Crippen molar-refractivity contribution < 1.29 is 9.59 Å². The number of nitrogens with one attached hydrogen (secondary N) is 2. The normalized spacial score (nSPS) is 14.2. The van der Waals surface area contributed by atoms with Crippen molar-refractivity contribution >= 4 is 35.3 Å². The van der Waals surface area contributed by atoms with E-state index in [-0.39, 0.29) is 11.8 Å². The van der Waals surface area contributed by atoms with Crippen molar-refractivity contribution in [3.8, 4) is 0 Å². The third-order valence-electron chi connectivity index (χ3n) is 4.88. The molecule has 30 heavy (non-hydrogen) atoms. The van der Waals surface area contributed by atoms with Crippen LogP contribution < -0.4 is 10.6 Å². The number of hydrogen-bond acceptors (Lipinski definition) is 3. The van der Waals surface area contributed by atoms with E-state index in [1.807, 2.05) is 74.5 Å². The molecule has 3 aromatic carbocycles. The maximum atomic E-state index is 12.5. The van der Waals surface area contributed by atoms with Crippen LogP contribution in [-0.4, -0.2) is 11.8 Å². The quantitative estimate of drug-likeness (QED) is 0.568. The van der Waals surface area contributed by atoms with E-state index < -0.39 is 0 Å². The van der Waals surface area contributed by atoms with Gasteiger partial charge in [-0.15, -0.1) is 0 Å². The molecule has 2 amide bonds. The summed E-state index contributed by atoms with van der Waals surface area (Å²) in [5.41, 5.74) is 5.57. The van der Waals surface area contributed by atoms with Crippen LogP contribution in [-0.2, 0) is 11.3 Å². The lowest BCUT2D eigenvalue weighted by molar-refractivity contribution is -0.112. The van der Waals surface area contributed by atoms with Gasteiger partial charge in [0, 0.05) is 17.0 Å². The van der Waals surface area contributed by atoms with E-state index in [0.717, 1.165) is 16.0 Å². The van der Waals surface area contributed by atoms with Gasteiger partial charge in [-0.3, -0.25) is 9.59 Å². The predicted molar refractivity (Wildman–Crippen MR) is 122 cm³/mol. The number of carbonyl (C=O) groups excluding carboxylic acids is 2. The molecule has 1 aliphatic heterocycles. The van der Waals surface area contributed by atoms with Gasteiger partial charge in [0.1, 0.15) is 0 Å². The minimum absolute atomic E-state index is 0.162. The van der Waals surface area contributed by atoms with E-state index in [4.69, 9.17) is 0 Å². The maximum absolute atomic E-state index is 12.5. The van der Waals surface area contributed by atoms with E-state index in [1.54, 1.807) is 12.1 Å². The Morgan fingerprint density at radius 1 is 0.967 bits per heavy atom. The number of carbonyl (C=O) groups is 2.